The summed E-state index contributed by atoms with van der Waals surface area (Å²) in [5.74, 6) is 1.93. The van der Waals surface area contributed by atoms with Gasteiger partial charge in [-0.2, -0.15) is 0 Å². The van der Waals surface area contributed by atoms with Gasteiger partial charge in [0.25, 0.3) is 0 Å². The van der Waals surface area contributed by atoms with Crippen LogP contribution in [0.2, 0.25) is 0 Å². The number of fused-ring (bicyclic) bond motifs is 7. The number of aromatic nitrogens is 4. The average molecular weight is 733 g/mol. The Kier molecular flexibility index (Phi) is 7.64. The molecule has 3 aromatic heterocycles. The van der Waals surface area contributed by atoms with Gasteiger partial charge in [0.15, 0.2) is 17.5 Å². The molecular weight excluding hydrogens is 701 g/mol. The molecule has 0 aliphatic heterocycles. The van der Waals surface area contributed by atoms with E-state index in [0.717, 1.165) is 33.5 Å². The molecule has 0 N–H and O–H groups in total. The van der Waals surface area contributed by atoms with Crippen LogP contribution < -0.4 is 0 Å². The summed E-state index contributed by atoms with van der Waals surface area (Å²) in [6.07, 6.45) is 0. The summed E-state index contributed by atoms with van der Waals surface area (Å²) >= 11 is 1.88. The molecule has 0 unspecified atom stereocenters. The van der Waals surface area contributed by atoms with E-state index in [0.29, 0.717) is 17.5 Å². The first kappa shape index (κ1) is 32.2. The highest BCUT2D eigenvalue weighted by atomic mass is 32.1. The molecule has 0 saturated carbocycles. The summed E-state index contributed by atoms with van der Waals surface area (Å²) in [6.45, 7) is 0. The number of hydrogen-bond acceptors (Lipinski definition) is 4. The van der Waals surface area contributed by atoms with Gasteiger partial charge in [-0.1, -0.05) is 164 Å². The SMILES string of the molecule is c1ccc(-c2nc(-c3ccccc3)nc(-c3cccc(-c4ccc(-c5ccccc5)c(-n5c6ccccc6c6c7sc8ccccc8c7ccc65)c4)c3)n2)cc1. The molecule has 0 saturated heterocycles. The van der Waals surface area contributed by atoms with Crippen molar-refractivity contribution in [2.75, 3.05) is 0 Å². The number of benzene rings is 8. The first-order chi connectivity index (χ1) is 27.8. The van der Waals surface area contributed by atoms with Crippen LogP contribution in [0.5, 0.6) is 0 Å². The van der Waals surface area contributed by atoms with Gasteiger partial charge in [0.05, 0.1) is 16.7 Å². The van der Waals surface area contributed by atoms with Crippen LogP contribution in [0, 0.1) is 0 Å². The summed E-state index contributed by atoms with van der Waals surface area (Å²) in [6, 6.07) is 68.6. The fourth-order valence-corrected chi connectivity index (χ4v) is 9.29. The predicted octanol–water partition coefficient (Wildman–Crippen LogP) is 13.7. The van der Waals surface area contributed by atoms with E-state index in [4.69, 9.17) is 15.0 Å². The molecule has 262 valence electrons. The third-order valence-electron chi connectivity index (χ3n) is 10.7. The van der Waals surface area contributed by atoms with Gasteiger partial charge in [0.1, 0.15) is 0 Å². The van der Waals surface area contributed by atoms with Gasteiger partial charge in [-0.25, -0.2) is 15.0 Å². The maximum absolute atomic E-state index is 5.03. The summed E-state index contributed by atoms with van der Waals surface area (Å²) in [4.78, 5) is 15.0. The van der Waals surface area contributed by atoms with Gasteiger partial charge in [0.2, 0.25) is 0 Å². The van der Waals surface area contributed by atoms with E-state index in [1.807, 2.05) is 72.0 Å². The minimum absolute atomic E-state index is 0.635. The van der Waals surface area contributed by atoms with Gasteiger partial charge in [-0.05, 0) is 47.0 Å². The normalized spacial score (nSPS) is 11.6. The van der Waals surface area contributed by atoms with E-state index < -0.39 is 0 Å². The minimum Gasteiger partial charge on any atom is -0.309 e. The van der Waals surface area contributed by atoms with Gasteiger partial charge >= 0.3 is 0 Å². The zero-order chi connectivity index (χ0) is 37.0. The Bertz CT molecular complexity index is 3180. The van der Waals surface area contributed by atoms with Crippen molar-refractivity contribution in [3.63, 3.8) is 0 Å². The zero-order valence-corrected chi connectivity index (χ0v) is 31.0. The van der Waals surface area contributed by atoms with Crippen LogP contribution in [0.4, 0.5) is 0 Å². The molecule has 0 atom stereocenters. The summed E-state index contributed by atoms with van der Waals surface area (Å²) in [5.41, 5.74) is 10.9. The van der Waals surface area contributed by atoms with E-state index in [1.54, 1.807) is 0 Å². The molecule has 5 heteroatoms. The first-order valence-corrected chi connectivity index (χ1v) is 19.6. The van der Waals surface area contributed by atoms with Crippen molar-refractivity contribution in [3.05, 3.63) is 194 Å². The van der Waals surface area contributed by atoms with Crippen LogP contribution >= 0.6 is 11.3 Å². The molecule has 3 heterocycles. The second-order valence-electron chi connectivity index (χ2n) is 14.0. The molecule has 0 fully saturated rings. The maximum atomic E-state index is 5.03. The van der Waals surface area contributed by atoms with E-state index in [1.165, 1.54) is 53.1 Å². The molecule has 0 amide bonds. The van der Waals surface area contributed by atoms with Crippen molar-refractivity contribution in [1.82, 2.24) is 19.5 Å². The highest BCUT2D eigenvalue weighted by Gasteiger charge is 2.20. The first-order valence-electron chi connectivity index (χ1n) is 18.8. The molecule has 0 radical (unpaired) electrons. The third-order valence-corrected chi connectivity index (χ3v) is 11.9. The molecule has 4 nitrogen and oxygen atoms in total. The van der Waals surface area contributed by atoms with Crippen molar-refractivity contribution in [1.29, 1.82) is 0 Å². The second kappa shape index (κ2) is 13.3. The quantitative estimate of drug-likeness (QED) is 0.171. The van der Waals surface area contributed by atoms with Gasteiger partial charge in [-0.3, -0.25) is 0 Å². The Morgan fingerprint density at radius 2 is 0.911 bits per heavy atom. The fraction of sp³-hybridized carbons (Fsp3) is 0. The summed E-state index contributed by atoms with van der Waals surface area (Å²) in [5, 5.41) is 5.16. The minimum atomic E-state index is 0.635. The fourth-order valence-electron chi connectivity index (χ4n) is 8.03. The van der Waals surface area contributed by atoms with Crippen LogP contribution in [-0.4, -0.2) is 19.5 Å². The van der Waals surface area contributed by atoms with Gasteiger partial charge in [-0.15, -0.1) is 11.3 Å². The van der Waals surface area contributed by atoms with Crippen molar-refractivity contribution < 1.29 is 0 Å². The number of para-hydroxylation sites is 1. The van der Waals surface area contributed by atoms with Crippen LogP contribution in [0.25, 0.3) is 104 Å². The standard InChI is InChI=1S/C51H32N4S/c1-4-15-33(16-5-1)39-28-27-37(32-45(39)55-43-25-12-10-24-42(43)47-44(55)30-29-41-40-23-11-13-26-46(40)56-48(41)47)36-21-14-22-38(31-36)51-53-49(34-17-6-2-7-18-34)52-50(54-51)35-19-8-3-9-20-35/h1-32H. The lowest BCUT2D eigenvalue weighted by molar-refractivity contribution is 1.07. The largest absolute Gasteiger partial charge is 0.309 e. The summed E-state index contributed by atoms with van der Waals surface area (Å²) in [7, 11) is 0. The molecule has 0 aliphatic rings. The lowest BCUT2D eigenvalue weighted by Gasteiger charge is -2.16. The van der Waals surface area contributed by atoms with Crippen LogP contribution in [0.15, 0.2) is 194 Å². The van der Waals surface area contributed by atoms with Crippen molar-refractivity contribution in [2.45, 2.75) is 0 Å². The Labute approximate surface area is 327 Å². The smallest absolute Gasteiger partial charge is 0.164 e. The van der Waals surface area contributed by atoms with Crippen LogP contribution in [0.3, 0.4) is 0 Å². The maximum Gasteiger partial charge on any atom is 0.164 e. The Balaban J connectivity index is 1.12. The summed E-state index contributed by atoms with van der Waals surface area (Å²) < 4.78 is 5.10. The molecule has 11 rings (SSSR count). The third kappa shape index (κ3) is 5.40. The van der Waals surface area contributed by atoms with Crippen LogP contribution in [-0.2, 0) is 0 Å². The topological polar surface area (TPSA) is 43.6 Å². The van der Waals surface area contributed by atoms with Crippen molar-refractivity contribution >= 4 is 53.3 Å². The number of thiophene rings is 1. The molecule has 56 heavy (non-hydrogen) atoms. The number of hydrogen-bond donors (Lipinski definition) is 0. The highest BCUT2D eigenvalue weighted by molar-refractivity contribution is 7.26. The Morgan fingerprint density at radius 3 is 1.62 bits per heavy atom. The van der Waals surface area contributed by atoms with E-state index >= 15 is 0 Å². The Morgan fingerprint density at radius 1 is 0.357 bits per heavy atom. The van der Waals surface area contributed by atoms with E-state index in [2.05, 4.69) is 138 Å². The second-order valence-corrected chi connectivity index (χ2v) is 15.1. The molecule has 0 aliphatic carbocycles. The van der Waals surface area contributed by atoms with Gasteiger partial charge in [0, 0.05) is 53.2 Å². The van der Waals surface area contributed by atoms with E-state index in [-0.39, 0.29) is 0 Å². The lowest BCUT2D eigenvalue weighted by Crippen LogP contribution is -2.00. The predicted molar refractivity (Wildman–Crippen MR) is 234 cm³/mol. The molecule has 8 aromatic carbocycles. The number of nitrogens with zero attached hydrogens (tertiary/aromatic N) is 4. The number of rotatable bonds is 6. The van der Waals surface area contributed by atoms with E-state index in [9.17, 15) is 0 Å². The highest BCUT2D eigenvalue weighted by Crippen LogP contribution is 2.45. The van der Waals surface area contributed by atoms with Gasteiger partial charge < -0.3 is 4.57 Å². The molecule has 0 bridgehead atoms. The zero-order valence-electron chi connectivity index (χ0n) is 30.2. The molecule has 0 spiro atoms. The molecular formula is C51H32N4S. The monoisotopic (exact) mass is 732 g/mol. The lowest BCUT2D eigenvalue weighted by atomic mass is 9.97. The average Bonchev–Trinajstić information content (AvgIpc) is 3.83. The van der Waals surface area contributed by atoms with Crippen molar-refractivity contribution in [3.8, 4) is 62.1 Å². The molecule has 11 aromatic rings. The van der Waals surface area contributed by atoms with Crippen LogP contribution in [0.1, 0.15) is 0 Å². The Hall–Kier alpha value is -7.21. The van der Waals surface area contributed by atoms with Crippen molar-refractivity contribution in [2.24, 2.45) is 0 Å².